The topological polar surface area (TPSA) is 62.4 Å². The van der Waals surface area contributed by atoms with Crippen LogP contribution in [0.1, 0.15) is 43.6 Å². The molecule has 1 aromatic heterocycles. The van der Waals surface area contributed by atoms with Gasteiger partial charge in [0.1, 0.15) is 0 Å². The van der Waals surface area contributed by atoms with Gasteiger partial charge in [0.2, 0.25) is 0 Å². The Morgan fingerprint density at radius 2 is 1.95 bits per heavy atom. The number of anilines is 1. The van der Waals surface area contributed by atoms with Gasteiger partial charge < -0.3 is 14.5 Å². The van der Waals surface area contributed by atoms with E-state index in [4.69, 9.17) is 4.52 Å². The van der Waals surface area contributed by atoms with Crippen LogP contribution in [-0.4, -0.2) is 28.9 Å². The number of hydrogen-bond acceptors (Lipinski definition) is 5. The van der Waals surface area contributed by atoms with Crippen molar-refractivity contribution in [2.45, 2.75) is 32.2 Å². The van der Waals surface area contributed by atoms with Crippen molar-refractivity contribution in [2.24, 2.45) is 0 Å². The maximum Gasteiger partial charge on any atom is 0.324 e. The summed E-state index contributed by atoms with van der Waals surface area (Å²) in [5, 5.41) is 13.3. The first-order valence-electron chi connectivity index (χ1n) is 6.85. The van der Waals surface area contributed by atoms with E-state index >= 15 is 0 Å². The zero-order valence-electron chi connectivity index (χ0n) is 12.2. The van der Waals surface area contributed by atoms with E-state index in [0.29, 0.717) is 18.3 Å². The van der Waals surface area contributed by atoms with Crippen LogP contribution in [0, 0.1) is 0 Å². The molecule has 0 amide bonds. The summed E-state index contributed by atoms with van der Waals surface area (Å²) in [5.74, 6) is 0.927. The summed E-state index contributed by atoms with van der Waals surface area (Å²) >= 11 is 0. The molecule has 108 valence electrons. The lowest BCUT2D eigenvalue weighted by atomic mass is 10.0. The quantitative estimate of drug-likeness (QED) is 0.878. The van der Waals surface area contributed by atoms with Crippen LogP contribution in [0.5, 0.6) is 0 Å². The highest BCUT2D eigenvalue weighted by molar-refractivity contribution is 5.32. The number of hydrogen-bond donors (Lipinski definition) is 1. The molecule has 1 aromatic carbocycles. The van der Waals surface area contributed by atoms with Crippen molar-refractivity contribution < 1.29 is 9.63 Å². The molecule has 0 saturated heterocycles. The first-order valence-corrected chi connectivity index (χ1v) is 6.85. The molecule has 0 aliphatic heterocycles. The molecule has 5 nitrogen and oxygen atoms in total. The predicted molar refractivity (Wildman–Crippen MR) is 77.7 cm³/mol. The summed E-state index contributed by atoms with van der Waals surface area (Å²) in [6, 6.07) is 10.5. The second-order valence-electron chi connectivity index (χ2n) is 5.14. The summed E-state index contributed by atoms with van der Waals surface area (Å²) in [7, 11) is 1.91. The van der Waals surface area contributed by atoms with Crippen molar-refractivity contribution in [3.63, 3.8) is 0 Å². The van der Waals surface area contributed by atoms with E-state index in [0.717, 1.165) is 5.56 Å². The smallest absolute Gasteiger partial charge is 0.324 e. The molecule has 0 unspecified atom stereocenters. The van der Waals surface area contributed by atoms with E-state index in [2.05, 4.69) is 10.1 Å². The van der Waals surface area contributed by atoms with Crippen LogP contribution in [0.2, 0.25) is 0 Å². The number of benzene rings is 1. The Balaban J connectivity index is 2.24. The highest BCUT2D eigenvalue weighted by Crippen LogP contribution is 2.27. The maximum atomic E-state index is 9.29. The lowest BCUT2D eigenvalue weighted by molar-refractivity contribution is 0.272. The van der Waals surface area contributed by atoms with E-state index in [1.807, 2.05) is 56.1 Å². The average molecular weight is 275 g/mol. The van der Waals surface area contributed by atoms with E-state index in [-0.39, 0.29) is 18.6 Å². The Morgan fingerprint density at radius 3 is 2.50 bits per heavy atom. The lowest BCUT2D eigenvalue weighted by Crippen LogP contribution is -2.25. The molecular weight excluding hydrogens is 254 g/mol. The van der Waals surface area contributed by atoms with Gasteiger partial charge in [0.15, 0.2) is 5.82 Å². The van der Waals surface area contributed by atoms with Gasteiger partial charge >= 0.3 is 6.01 Å². The molecule has 2 rings (SSSR count). The minimum atomic E-state index is 0.0154. The normalized spacial score (nSPS) is 12.7. The minimum Gasteiger partial charge on any atom is -0.396 e. The maximum absolute atomic E-state index is 9.29. The Bertz CT molecular complexity index is 525. The largest absolute Gasteiger partial charge is 0.396 e. The van der Waals surface area contributed by atoms with Crippen LogP contribution in [0.4, 0.5) is 6.01 Å². The summed E-state index contributed by atoms with van der Waals surface area (Å²) in [6.45, 7) is 4.16. The second-order valence-corrected chi connectivity index (χ2v) is 5.14. The zero-order valence-corrected chi connectivity index (χ0v) is 12.2. The monoisotopic (exact) mass is 275 g/mol. The molecule has 0 aliphatic carbocycles. The van der Waals surface area contributed by atoms with E-state index in [1.165, 1.54) is 0 Å². The number of nitrogens with zero attached hydrogens (tertiary/aromatic N) is 3. The Morgan fingerprint density at radius 1 is 1.25 bits per heavy atom. The molecule has 1 heterocycles. The van der Waals surface area contributed by atoms with Crippen LogP contribution >= 0.6 is 0 Å². The molecule has 2 aromatic rings. The van der Waals surface area contributed by atoms with Gasteiger partial charge in [0, 0.05) is 19.6 Å². The Labute approximate surface area is 119 Å². The van der Waals surface area contributed by atoms with Gasteiger partial charge in [0.05, 0.1) is 6.04 Å². The van der Waals surface area contributed by atoms with Gasteiger partial charge in [-0.3, -0.25) is 0 Å². The Kier molecular flexibility index (Phi) is 4.74. The third-order valence-corrected chi connectivity index (χ3v) is 3.30. The fourth-order valence-electron chi connectivity index (χ4n) is 2.12. The molecule has 1 N–H and O–H groups in total. The molecule has 0 fully saturated rings. The minimum absolute atomic E-state index is 0.0154. The van der Waals surface area contributed by atoms with E-state index in [9.17, 15) is 5.11 Å². The number of aliphatic hydroxyl groups is 1. The predicted octanol–water partition coefficient (Wildman–Crippen LogP) is 2.75. The molecule has 5 heteroatoms. The summed E-state index contributed by atoms with van der Waals surface area (Å²) in [5.41, 5.74) is 1.12. The van der Waals surface area contributed by atoms with Crippen LogP contribution in [0.3, 0.4) is 0 Å². The molecule has 0 bridgehead atoms. The third kappa shape index (κ3) is 3.17. The highest BCUT2D eigenvalue weighted by Gasteiger charge is 2.22. The van der Waals surface area contributed by atoms with Crippen molar-refractivity contribution in [3.8, 4) is 0 Å². The first kappa shape index (κ1) is 14.5. The number of aliphatic hydroxyl groups excluding tert-OH is 1. The van der Waals surface area contributed by atoms with Crippen LogP contribution in [-0.2, 0) is 0 Å². The average Bonchev–Trinajstić information content (AvgIpc) is 2.95. The number of aromatic nitrogens is 2. The van der Waals surface area contributed by atoms with Crippen molar-refractivity contribution in [1.82, 2.24) is 10.1 Å². The lowest BCUT2D eigenvalue weighted by Gasteiger charge is -2.26. The molecule has 0 aliphatic rings. The van der Waals surface area contributed by atoms with E-state index < -0.39 is 0 Å². The fraction of sp³-hybridized carbons (Fsp3) is 0.467. The third-order valence-electron chi connectivity index (χ3n) is 3.30. The molecule has 20 heavy (non-hydrogen) atoms. The van der Waals surface area contributed by atoms with Gasteiger partial charge in [-0.1, -0.05) is 49.3 Å². The Hall–Kier alpha value is -1.88. The van der Waals surface area contributed by atoms with Crippen molar-refractivity contribution in [3.05, 3.63) is 41.7 Å². The summed E-state index contributed by atoms with van der Waals surface area (Å²) in [6.07, 6.45) is 0.611. The van der Waals surface area contributed by atoms with Crippen LogP contribution in [0.25, 0.3) is 0 Å². The van der Waals surface area contributed by atoms with Gasteiger partial charge in [-0.25, -0.2) is 0 Å². The standard InChI is InChI=1S/C15H21N3O2/c1-11(2)14-16-15(20-17-14)18(3)13(9-10-19)12-7-5-4-6-8-12/h4-8,11,13,19H,9-10H2,1-3H3/t13-/m1/s1. The summed E-state index contributed by atoms with van der Waals surface area (Å²) < 4.78 is 5.32. The van der Waals surface area contributed by atoms with Crippen molar-refractivity contribution in [1.29, 1.82) is 0 Å². The molecule has 0 saturated carbocycles. The molecule has 0 spiro atoms. The molecule has 1 atom stereocenters. The second kappa shape index (κ2) is 6.52. The fourth-order valence-corrected chi connectivity index (χ4v) is 2.12. The molecular formula is C15H21N3O2. The first-order chi connectivity index (χ1) is 9.63. The van der Waals surface area contributed by atoms with Crippen LogP contribution in [0.15, 0.2) is 34.9 Å². The summed E-state index contributed by atoms with van der Waals surface area (Å²) in [4.78, 5) is 6.33. The van der Waals surface area contributed by atoms with Gasteiger partial charge in [-0.05, 0) is 12.0 Å². The van der Waals surface area contributed by atoms with Crippen molar-refractivity contribution >= 4 is 6.01 Å². The SMILES string of the molecule is CC(C)c1noc(N(C)[C@H](CCO)c2ccccc2)n1. The van der Waals surface area contributed by atoms with Gasteiger partial charge in [-0.2, -0.15) is 4.98 Å². The van der Waals surface area contributed by atoms with Crippen LogP contribution < -0.4 is 4.90 Å². The zero-order chi connectivity index (χ0) is 14.5. The highest BCUT2D eigenvalue weighted by atomic mass is 16.5. The van der Waals surface area contributed by atoms with E-state index in [1.54, 1.807) is 0 Å². The number of rotatable bonds is 6. The van der Waals surface area contributed by atoms with Crippen molar-refractivity contribution in [2.75, 3.05) is 18.6 Å². The van der Waals surface area contributed by atoms with Gasteiger partial charge in [0.25, 0.3) is 0 Å². The van der Waals surface area contributed by atoms with Gasteiger partial charge in [-0.15, -0.1) is 0 Å². The molecule has 0 radical (unpaired) electrons.